The molecule has 12 heteroatoms. The van der Waals surface area contributed by atoms with E-state index >= 15 is 0 Å². The fourth-order valence-electron chi connectivity index (χ4n) is 3.06. The van der Waals surface area contributed by atoms with Gasteiger partial charge in [0.05, 0.1) is 20.6 Å². The lowest BCUT2D eigenvalue weighted by molar-refractivity contribution is 0.262. The van der Waals surface area contributed by atoms with Gasteiger partial charge in [0.1, 0.15) is 5.82 Å². The fraction of sp³-hybridized carbons (Fsp3) is 0. The Bertz CT molecular complexity index is 1580. The SMILES string of the molecule is O=C(Nc1ccc(S(=O)(=O)Nc2nccc(C=Cc3ccccc3F)n2)cc1)Nc1ccc(Cl)c(Cl)c1. The van der Waals surface area contributed by atoms with Crippen LogP contribution in [-0.4, -0.2) is 24.4 Å². The van der Waals surface area contributed by atoms with E-state index in [1.165, 1.54) is 48.7 Å². The summed E-state index contributed by atoms with van der Waals surface area (Å²) in [6.07, 6.45) is 4.45. The molecule has 0 spiro atoms. The van der Waals surface area contributed by atoms with Crippen molar-refractivity contribution in [3.63, 3.8) is 0 Å². The monoisotopic (exact) mass is 557 g/mol. The van der Waals surface area contributed by atoms with Gasteiger partial charge in [-0.1, -0.05) is 41.4 Å². The summed E-state index contributed by atoms with van der Waals surface area (Å²) in [5, 5.41) is 5.83. The third-order valence-corrected chi connectivity index (χ3v) is 6.92. The van der Waals surface area contributed by atoms with E-state index in [9.17, 15) is 17.6 Å². The molecule has 37 heavy (non-hydrogen) atoms. The molecule has 0 aliphatic rings. The van der Waals surface area contributed by atoms with Crippen LogP contribution in [0.2, 0.25) is 10.0 Å². The lowest BCUT2D eigenvalue weighted by Gasteiger charge is -2.10. The average Bonchev–Trinajstić information content (AvgIpc) is 2.86. The van der Waals surface area contributed by atoms with Crippen LogP contribution in [0.3, 0.4) is 0 Å². The number of urea groups is 1. The highest BCUT2D eigenvalue weighted by atomic mass is 35.5. The fourth-order valence-corrected chi connectivity index (χ4v) is 4.31. The van der Waals surface area contributed by atoms with E-state index < -0.39 is 21.9 Å². The zero-order valence-corrected chi connectivity index (χ0v) is 21.1. The highest BCUT2D eigenvalue weighted by molar-refractivity contribution is 7.92. The molecule has 188 valence electrons. The van der Waals surface area contributed by atoms with Crippen molar-refractivity contribution in [3.05, 3.63) is 106 Å². The number of amides is 2. The number of carbonyl (C=O) groups excluding carboxylic acids is 1. The van der Waals surface area contributed by atoms with Gasteiger partial charge in [0.25, 0.3) is 10.0 Å². The molecule has 0 saturated carbocycles. The van der Waals surface area contributed by atoms with Crippen LogP contribution in [0, 0.1) is 5.82 Å². The molecule has 3 aromatic carbocycles. The number of aromatic nitrogens is 2. The first kappa shape index (κ1) is 26.1. The molecular weight excluding hydrogens is 540 g/mol. The minimum absolute atomic E-state index is 0.0705. The van der Waals surface area contributed by atoms with E-state index in [-0.39, 0.29) is 15.9 Å². The number of hydrogen-bond donors (Lipinski definition) is 3. The van der Waals surface area contributed by atoms with E-state index in [0.717, 1.165) is 0 Å². The maximum absolute atomic E-state index is 13.8. The van der Waals surface area contributed by atoms with Gasteiger partial charge >= 0.3 is 6.03 Å². The first-order valence-electron chi connectivity index (χ1n) is 10.6. The number of anilines is 3. The van der Waals surface area contributed by atoms with Crippen LogP contribution in [0.1, 0.15) is 11.3 Å². The van der Waals surface area contributed by atoms with E-state index in [1.54, 1.807) is 42.5 Å². The predicted molar refractivity (Wildman–Crippen MR) is 144 cm³/mol. The molecule has 0 aliphatic heterocycles. The standard InChI is InChI=1S/C25H18Cl2FN5O3S/c26-21-12-9-19(15-22(21)27)32-25(34)31-17-7-10-20(11-8-17)37(35,36)33-24-29-14-13-18(30-24)6-5-16-3-1-2-4-23(16)28/h1-15H,(H,29,30,33)(H2,31,32,34). The van der Waals surface area contributed by atoms with Crippen molar-refractivity contribution in [2.45, 2.75) is 4.90 Å². The zero-order valence-electron chi connectivity index (χ0n) is 18.8. The number of sulfonamides is 1. The summed E-state index contributed by atoms with van der Waals surface area (Å²) < 4.78 is 41.7. The van der Waals surface area contributed by atoms with Crippen LogP contribution in [-0.2, 0) is 10.0 Å². The molecule has 3 N–H and O–H groups in total. The van der Waals surface area contributed by atoms with Crippen molar-refractivity contribution >= 4 is 68.7 Å². The largest absolute Gasteiger partial charge is 0.323 e. The molecule has 1 aromatic heterocycles. The molecular formula is C25H18Cl2FN5O3S. The Balaban J connectivity index is 1.40. The van der Waals surface area contributed by atoms with E-state index in [4.69, 9.17) is 23.2 Å². The number of nitrogens with zero attached hydrogens (tertiary/aromatic N) is 2. The molecule has 0 radical (unpaired) electrons. The first-order chi connectivity index (χ1) is 17.7. The summed E-state index contributed by atoms with van der Waals surface area (Å²) in [4.78, 5) is 20.2. The van der Waals surface area contributed by atoms with E-state index in [0.29, 0.717) is 27.7 Å². The number of rotatable bonds is 7. The Kier molecular flexibility index (Phi) is 8.02. The molecule has 0 unspecified atom stereocenters. The van der Waals surface area contributed by atoms with Gasteiger partial charge in [0.2, 0.25) is 5.95 Å². The van der Waals surface area contributed by atoms with Gasteiger partial charge < -0.3 is 10.6 Å². The van der Waals surface area contributed by atoms with Crippen molar-refractivity contribution in [3.8, 4) is 0 Å². The summed E-state index contributed by atoms with van der Waals surface area (Å²) >= 11 is 11.8. The van der Waals surface area contributed by atoms with Crippen molar-refractivity contribution in [2.75, 3.05) is 15.4 Å². The van der Waals surface area contributed by atoms with Crippen molar-refractivity contribution in [1.82, 2.24) is 9.97 Å². The number of nitrogens with one attached hydrogen (secondary N) is 3. The Morgan fingerprint density at radius 3 is 2.30 bits per heavy atom. The molecule has 2 amide bonds. The molecule has 0 fully saturated rings. The Morgan fingerprint density at radius 1 is 0.865 bits per heavy atom. The van der Waals surface area contributed by atoms with Crippen LogP contribution in [0.5, 0.6) is 0 Å². The zero-order chi connectivity index (χ0) is 26.4. The van der Waals surface area contributed by atoms with Crippen LogP contribution >= 0.6 is 23.2 Å². The Hall–Kier alpha value is -3.99. The summed E-state index contributed by atoms with van der Waals surface area (Å²) in [7, 11) is -4.02. The smallest absolute Gasteiger partial charge is 0.308 e. The average molecular weight is 558 g/mol. The Labute approximate surface area is 222 Å². The molecule has 0 atom stereocenters. The van der Waals surface area contributed by atoms with Crippen molar-refractivity contribution in [1.29, 1.82) is 0 Å². The topological polar surface area (TPSA) is 113 Å². The maximum atomic E-state index is 13.8. The molecule has 1 heterocycles. The quantitative estimate of drug-likeness (QED) is 0.239. The molecule has 0 aliphatic carbocycles. The van der Waals surface area contributed by atoms with Gasteiger partial charge in [-0.2, -0.15) is 0 Å². The molecule has 0 saturated heterocycles. The lowest BCUT2D eigenvalue weighted by Crippen LogP contribution is -2.19. The van der Waals surface area contributed by atoms with Crippen molar-refractivity contribution < 1.29 is 17.6 Å². The molecule has 4 rings (SSSR count). The highest BCUT2D eigenvalue weighted by Crippen LogP contribution is 2.25. The van der Waals surface area contributed by atoms with Gasteiger partial charge in [0, 0.05) is 23.1 Å². The predicted octanol–water partition coefficient (Wildman–Crippen LogP) is 6.54. The number of hydrogen-bond acceptors (Lipinski definition) is 5. The van der Waals surface area contributed by atoms with Gasteiger partial charge in [-0.15, -0.1) is 0 Å². The highest BCUT2D eigenvalue weighted by Gasteiger charge is 2.16. The number of benzene rings is 3. The maximum Gasteiger partial charge on any atom is 0.323 e. The summed E-state index contributed by atoms with van der Waals surface area (Å²) in [5.41, 5.74) is 1.53. The summed E-state index contributed by atoms with van der Waals surface area (Å²) in [6.45, 7) is 0. The molecule has 4 aromatic rings. The summed E-state index contributed by atoms with van der Waals surface area (Å²) in [5.74, 6) is -0.544. The van der Waals surface area contributed by atoms with Crippen LogP contribution < -0.4 is 15.4 Å². The van der Waals surface area contributed by atoms with Gasteiger partial charge in [-0.05, 0) is 66.7 Å². The number of halogens is 3. The van der Waals surface area contributed by atoms with Crippen LogP contribution in [0.25, 0.3) is 12.2 Å². The molecule has 0 bridgehead atoms. The van der Waals surface area contributed by atoms with E-state index in [1.807, 2.05) is 0 Å². The number of carbonyl (C=O) groups is 1. The first-order valence-corrected chi connectivity index (χ1v) is 12.9. The minimum Gasteiger partial charge on any atom is -0.308 e. The van der Waals surface area contributed by atoms with Crippen molar-refractivity contribution in [2.24, 2.45) is 0 Å². The molecule has 8 nitrogen and oxygen atoms in total. The normalized spacial score (nSPS) is 11.3. The third kappa shape index (κ3) is 7.04. The van der Waals surface area contributed by atoms with Crippen LogP contribution in [0.15, 0.2) is 83.9 Å². The second-order valence-electron chi connectivity index (χ2n) is 7.50. The Morgan fingerprint density at radius 2 is 1.57 bits per heavy atom. The van der Waals surface area contributed by atoms with Gasteiger partial charge in [0.15, 0.2) is 0 Å². The van der Waals surface area contributed by atoms with Gasteiger partial charge in [-0.3, -0.25) is 0 Å². The lowest BCUT2D eigenvalue weighted by atomic mass is 10.2. The summed E-state index contributed by atoms with van der Waals surface area (Å²) in [6, 6.07) is 17.3. The van der Waals surface area contributed by atoms with E-state index in [2.05, 4.69) is 25.3 Å². The second-order valence-corrected chi connectivity index (χ2v) is 9.99. The second kappa shape index (κ2) is 11.4. The third-order valence-electron chi connectivity index (χ3n) is 4.84. The van der Waals surface area contributed by atoms with Gasteiger partial charge in [-0.25, -0.2) is 32.3 Å². The van der Waals surface area contributed by atoms with Crippen LogP contribution in [0.4, 0.5) is 26.5 Å². The minimum atomic E-state index is -4.02.